The summed E-state index contributed by atoms with van der Waals surface area (Å²) in [5.41, 5.74) is 4.95. The van der Waals surface area contributed by atoms with Crippen LogP contribution in [0.15, 0.2) is 67.5 Å². The minimum atomic E-state index is -0.0423. The molecular formula is C28H27N9O2. The predicted octanol–water partition coefficient (Wildman–Crippen LogP) is 3.99. The number of ether oxygens (including phenoxy) is 1. The number of amides is 1. The number of hydrogen-bond donors (Lipinski definition) is 1. The number of anilines is 3. The van der Waals surface area contributed by atoms with Crippen molar-refractivity contribution in [1.82, 2.24) is 34.8 Å². The highest BCUT2D eigenvalue weighted by Crippen LogP contribution is 2.31. The molecular weight excluding hydrogens is 494 g/mol. The summed E-state index contributed by atoms with van der Waals surface area (Å²) in [6, 6.07) is 15.5. The van der Waals surface area contributed by atoms with E-state index in [1.54, 1.807) is 9.58 Å². The lowest BCUT2D eigenvalue weighted by Gasteiger charge is -2.35. The minimum Gasteiger partial charge on any atom is -0.457 e. The third kappa shape index (κ3) is 4.81. The number of nitrogens with zero attached hydrogens (tertiary/aromatic N) is 8. The van der Waals surface area contributed by atoms with Gasteiger partial charge in [0.2, 0.25) is 5.91 Å². The number of aryl methyl sites for hydroxylation is 2. The van der Waals surface area contributed by atoms with Gasteiger partial charge in [-0.05, 0) is 61.0 Å². The molecule has 1 amide bonds. The zero-order chi connectivity index (χ0) is 26.9. The van der Waals surface area contributed by atoms with Crippen LogP contribution in [0.25, 0.3) is 22.1 Å². The van der Waals surface area contributed by atoms with Crippen molar-refractivity contribution in [2.45, 2.75) is 6.92 Å². The highest BCUT2D eigenvalue weighted by Gasteiger charge is 2.21. The van der Waals surface area contributed by atoms with E-state index in [4.69, 9.17) is 9.72 Å². The number of pyridine rings is 1. The number of rotatable bonds is 6. The fourth-order valence-corrected chi connectivity index (χ4v) is 4.67. The lowest BCUT2D eigenvalue weighted by atomic mass is 10.2. The molecule has 39 heavy (non-hydrogen) atoms. The molecule has 11 heteroatoms. The van der Waals surface area contributed by atoms with Crippen LogP contribution in [0.2, 0.25) is 0 Å². The van der Waals surface area contributed by atoms with Crippen LogP contribution in [0.1, 0.15) is 5.56 Å². The van der Waals surface area contributed by atoms with Gasteiger partial charge in [0.15, 0.2) is 5.82 Å². The van der Waals surface area contributed by atoms with Crippen LogP contribution in [0, 0.1) is 6.92 Å². The Labute approximate surface area is 224 Å². The van der Waals surface area contributed by atoms with Crippen molar-refractivity contribution < 1.29 is 9.53 Å². The van der Waals surface area contributed by atoms with Gasteiger partial charge in [0.25, 0.3) is 0 Å². The van der Waals surface area contributed by atoms with Crippen molar-refractivity contribution in [2.75, 3.05) is 36.4 Å². The molecule has 0 unspecified atom stereocenters. The Balaban J connectivity index is 1.20. The third-order valence-corrected chi connectivity index (χ3v) is 6.80. The van der Waals surface area contributed by atoms with Gasteiger partial charge in [-0.1, -0.05) is 11.8 Å². The van der Waals surface area contributed by atoms with E-state index in [9.17, 15) is 4.79 Å². The number of hydrogen-bond acceptors (Lipinski definition) is 9. The normalized spacial score (nSPS) is 13.6. The Kier molecular flexibility index (Phi) is 6.23. The number of carbonyl (C=O) groups excluding carboxylic acids is 1. The van der Waals surface area contributed by atoms with Crippen LogP contribution in [-0.2, 0) is 11.8 Å². The second kappa shape index (κ2) is 10.0. The summed E-state index contributed by atoms with van der Waals surface area (Å²) in [4.78, 5) is 29.6. The predicted molar refractivity (Wildman–Crippen MR) is 149 cm³/mol. The van der Waals surface area contributed by atoms with E-state index < -0.39 is 0 Å². The summed E-state index contributed by atoms with van der Waals surface area (Å²) >= 11 is 0. The molecule has 0 atom stereocenters. The molecule has 0 saturated carbocycles. The molecule has 4 heterocycles. The van der Waals surface area contributed by atoms with Crippen molar-refractivity contribution in [3.63, 3.8) is 0 Å². The standard InChI is InChI=1S/C28H27N9O2/c1-4-26(38)37-13-11-36(12-14-37)25-10-7-21-27(32-25)28(30-17-29-21)31-19-5-9-24(18(2)15-19)39-20-6-8-23-22(16-20)33-34-35(23)3/h4-10,15-17H,1,11-14H2,2-3H3,(H,29,30,31). The molecule has 0 spiro atoms. The van der Waals surface area contributed by atoms with Crippen molar-refractivity contribution in [2.24, 2.45) is 7.05 Å². The van der Waals surface area contributed by atoms with Crippen molar-refractivity contribution >= 4 is 45.3 Å². The summed E-state index contributed by atoms with van der Waals surface area (Å²) in [5.74, 6) is 2.83. The first-order chi connectivity index (χ1) is 19.0. The van der Waals surface area contributed by atoms with E-state index in [0.29, 0.717) is 43.3 Å². The molecule has 6 rings (SSSR count). The summed E-state index contributed by atoms with van der Waals surface area (Å²) in [5, 5.41) is 11.6. The second-order valence-corrected chi connectivity index (χ2v) is 9.35. The molecule has 11 nitrogen and oxygen atoms in total. The Bertz CT molecular complexity index is 1710. The lowest BCUT2D eigenvalue weighted by molar-refractivity contribution is -0.126. The second-order valence-electron chi connectivity index (χ2n) is 9.35. The Morgan fingerprint density at radius 2 is 1.87 bits per heavy atom. The van der Waals surface area contributed by atoms with Gasteiger partial charge in [-0.3, -0.25) is 4.79 Å². The molecule has 1 N–H and O–H groups in total. The number of benzene rings is 2. The van der Waals surface area contributed by atoms with Gasteiger partial charge in [0, 0.05) is 45.0 Å². The van der Waals surface area contributed by atoms with E-state index in [1.807, 2.05) is 62.5 Å². The maximum atomic E-state index is 11.9. The number of aromatic nitrogens is 6. The fraction of sp³-hybridized carbons (Fsp3) is 0.214. The average Bonchev–Trinajstić information content (AvgIpc) is 3.34. The molecule has 1 aliphatic heterocycles. The first-order valence-electron chi connectivity index (χ1n) is 12.6. The molecule has 3 aromatic heterocycles. The highest BCUT2D eigenvalue weighted by molar-refractivity contribution is 5.89. The van der Waals surface area contributed by atoms with Crippen LogP contribution in [-0.4, -0.2) is 66.9 Å². The monoisotopic (exact) mass is 521 g/mol. The van der Waals surface area contributed by atoms with Crippen LogP contribution in [0.4, 0.5) is 17.3 Å². The zero-order valence-corrected chi connectivity index (χ0v) is 21.7. The molecule has 0 radical (unpaired) electrons. The fourth-order valence-electron chi connectivity index (χ4n) is 4.67. The molecule has 1 aliphatic rings. The first kappa shape index (κ1) is 24.3. The van der Waals surface area contributed by atoms with Gasteiger partial charge in [0.1, 0.15) is 34.7 Å². The van der Waals surface area contributed by atoms with Crippen molar-refractivity contribution in [3.05, 3.63) is 73.1 Å². The maximum Gasteiger partial charge on any atom is 0.246 e. The van der Waals surface area contributed by atoms with E-state index in [0.717, 1.165) is 39.4 Å². The van der Waals surface area contributed by atoms with Gasteiger partial charge in [-0.15, -0.1) is 5.10 Å². The third-order valence-electron chi connectivity index (χ3n) is 6.80. The molecule has 5 aromatic rings. The SMILES string of the molecule is C=CC(=O)N1CCN(c2ccc3ncnc(Nc4ccc(Oc5ccc6c(c5)nnn6C)c(C)c4)c3n2)CC1. The van der Waals surface area contributed by atoms with Gasteiger partial charge in [-0.25, -0.2) is 19.6 Å². The van der Waals surface area contributed by atoms with E-state index in [-0.39, 0.29) is 5.91 Å². The van der Waals surface area contributed by atoms with E-state index in [2.05, 4.69) is 37.1 Å². The highest BCUT2D eigenvalue weighted by atomic mass is 16.5. The molecule has 0 aliphatic carbocycles. The largest absolute Gasteiger partial charge is 0.457 e. The number of fused-ring (bicyclic) bond motifs is 2. The molecule has 1 fully saturated rings. The Morgan fingerprint density at radius 1 is 1.03 bits per heavy atom. The van der Waals surface area contributed by atoms with Crippen molar-refractivity contribution in [1.29, 1.82) is 0 Å². The van der Waals surface area contributed by atoms with Crippen molar-refractivity contribution in [3.8, 4) is 11.5 Å². The van der Waals surface area contributed by atoms with E-state index in [1.165, 1.54) is 12.4 Å². The quantitative estimate of drug-likeness (QED) is 0.331. The Morgan fingerprint density at radius 3 is 2.67 bits per heavy atom. The summed E-state index contributed by atoms with van der Waals surface area (Å²) in [7, 11) is 1.86. The average molecular weight is 522 g/mol. The van der Waals surface area contributed by atoms with E-state index >= 15 is 0 Å². The van der Waals surface area contributed by atoms with Gasteiger partial charge in [0.05, 0.1) is 11.0 Å². The minimum absolute atomic E-state index is 0.0423. The van der Waals surface area contributed by atoms with Gasteiger partial charge >= 0.3 is 0 Å². The summed E-state index contributed by atoms with van der Waals surface area (Å²) < 4.78 is 7.86. The number of nitrogens with one attached hydrogen (secondary N) is 1. The van der Waals surface area contributed by atoms with Crippen LogP contribution >= 0.6 is 0 Å². The molecule has 1 saturated heterocycles. The maximum absolute atomic E-state index is 11.9. The van der Waals surface area contributed by atoms with Gasteiger partial charge < -0.3 is 19.9 Å². The van der Waals surface area contributed by atoms with Gasteiger partial charge in [-0.2, -0.15) is 0 Å². The summed E-state index contributed by atoms with van der Waals surface area (Å²) in [6.07, 6.45) is 2.89. The number of carbonyl (C=O) groups is 1. The smallest absolute Gasteiger partial charge is 0.246 e. The zero-order valence-electron chi connectivity index (χ0n) is 21.7. The number of piperazine rings is 1. The molecule has 196 valence electrons. The molecule has 0 bridgehead atoms. The van der Waals surface area contributed by atoms with Crippen LogP contribution < -0.4 is 15.0 Å². The Hall–Kier alpha value is -5.06. The van der Waals surface area contributed by atoms with Crippen LogP contribution in [0.3, 0.4) is 0 Å². The van der Waals surface area contributed by atoms with Crippen LogP contribution in [0.5, 0.6) is 11.5 Å². The summed E-state index contributed by atoms with van der Waals surface area (Å²) in [6.45, 7) is 8.21. The lowest BCUT2D eigenvalue weighted by Crippen LogP contribution is -2.48. The first-order valence-corrected chi connectivity index (χ1v) is 12.6. The molecule has 2 aromatic carbocycles. The topological polar surface area (TPSA) is 114 Å².